The Hall–Kier alpha value is -3.71. The predicted octanol–water partition coefficient (Wildman–Crippen LogP) is 5.37. The Balaban J connectivity index is 1.31. The average Bonchev–Trinajstić information content (AvgIpc) is 3.48. The molecule has 0 spiro atoms. The van der Waals surface area contributed by atoms with Gasteiger partial charge < -0.3 is 29.2 Å². The minimum absolute atomic E-state index is 0.0365. The molecule has 36 heavy (non-hydrogen) atoms. The largest absolute Gasteiger partial charge is 0.508 e. The number of aryl methyl sites for hydroxylation is 2. The summed E-state index contributed by atoms with van der Waals surface area (Å²) < 4.78 is 23.1. The molecule has 0 saturated carbocycles. The van der Waals surface area contributed by atoms with Crippen LogP contribution in [0.15, 0.2) is 48.5 Å². The number of aromatic hydroxyl groups is 1. The number of fused-ring (bicyclic) bond motifs is 1. The fraction of sp³-hybridized carbons (Fsp3) is 0.345. The molecule has 0 radical (unpaired) electrons. The van der Waals surface area contributed by atoms with Crippen molar-refractivity contribution in [2.24, 2.45) is 0 Å². The van der Waals surface area contributed by atoms with Crippen LogP contribution in [0.25, 0.3) is 11.1 Å². The van der Waals surface area contributed by atoms with E-state index < -0.39 is 5.97 Å². The van der Waals surface area contributed by atoms with Gasteiger partial charge in [-0.1, -0.05) is 12.1 Å². The molecule has 2 heterocycles. The molecule has 188 valence electrons. The van der Waals surface area contributed by atoms with Crippen LogP contribution in [0.2, 0.25) is 0 Å². The van der Waals surface area contributed by atoms with Gasteiger partial charge in [-0.2, -0.15) is 0 Å². The van der Waals surface area contributed by atoms with Gasteiger partial charge in [-0.3, -0.25) is 4.79 Å². The molecule has 0 aromatic heterocycles. The fourth-order valence-electron chi connectivity index (χ4n) is 4.99. The number of ether oxygens (including phenoxy) is 4. The van der Waals surface area contributed by atoms with Crippen molar-refractivity contribution in [2.45, 2.75) is 45.3 Å². The number of rotatable bonds is 8. The Morgan fingerprint density at radius 2 is 1.83 bits per heavy atom. The molecule has 2 atom stereocenters. The van der Waals surface area contributed by atoms with Crippen LogP contribution in [0, 0.1) is 13.8 Å². The SMILES string of the molecule is Cc1cc(OC2CCOC2)cc(C)c1-c1ccc(O)c(COc2ccc3c(c2)OCC3CC(=O)O)c1. The standard InChI is InChI=1S/C29H30O7/c1-17-9-24(36-23-7-8-33-16-23)10-18(2)29(17)19-3-6-26(30)21(11-19)15-34-22-4-5-25-20(12-28(31)32)14-35-27(25)13-22/h3-6,9-11,13,20,23,30H,7-8,12,14-16H2,1-2H3,(H,31,32). The first-order valence-corrected chi connectivity index (χ1v) is 12.2. The maximum atomic E-state index is 11.1. The summed E-state index contributed by atoms with van der Waals surface area (Å²) in [6.45, 7) is 6.02. The number of hydrogen-bond acceptors (Lipinski definition) is 6. The van der Waals surface area contributed by atoms with E-state index in [2.05, 4.69) is 13.8 Å². The number of phenolic OH excluding ortho intramolecular Hbond substituents is 1. The van der Waals surface area contributed by atoms with Gasteiger partial charge in [0.2, 0.25) is 0 Å². The maximum Gasteiger partial charge on any atom is 0.304 e. The molecule has 1 fully saturated rings. The van der Waals surface area contributed by atoms with Gasteiger partial charge in [0, 0.05) is 29.5 Å². The molecule has 3 aromatic carbocycles. The lowest BCUT2D eigenvalue weighted by Gasteiger charge is -2.17. The Morgan fingerprint density at radius 3 is 2.56 bits per heavy atom. The lowest BCUT2D eigenvalue weighted by molar-refractivity contribution is -0.137. The van der Waals surface area contributed by atoms with Crippen molar-refractivity contribution in [1.29, 1.82) is 0 Å². The molecule has 1 saturated heterocycles. The van der Waals surface area contributed by atoms with Crippen LogP contribution in [0.3, 0.4) is 0 Å². The van der Waals surface area contributed by atoms with E-state index in [0.29, 0.717) is 30.3 Å². The second-order valence-electron chi connectivity index (χ2n) is 9.47. The summed E-state index contributed by atoms with van der Waals surface area (Å²) >= 11 is 0. The van der Waals surface area contributed by atoms with Gasteiger partial charge in [0.15, 0.2) is 0 Å². The third-order valence-electron chi connectivity index (χ3n) is 6.75. The molecule has 0 aliphatic carbocycles. The zero-order valence-electron chi connectivity index (χ0n) is 20.5. The highest BCUT2D eigenvalue weighted by Gasteiger charge is 2.26. The van der Waals surface area contributed by atoms with Crippen molar-refractivity contribution in [1.82, 2.24) is 0 Å². The van der Waals surface area contributed by atoms with Crippen LogP contribution in [0.4, 0.5) is 0 Å². The zero-order valence-corrected chi connectivity index (χ0v) is 20.5. The molecular formula is C29H30O7. The normalized spacial score (nSPS) is 18.5. The lowest BCUT2D eigenvalue weighted by atomic mass is 9.94. The fourth-order valence-corrected chi connectivity index (χ4v) is 4.99. The highest BCUT2D eigenvalue weighted by atomic mass is 16.5. The van der Waals surface area contributed by atoms with Gasteiger partial charge in [-0.25, -0.2) is 0 Å². The molecule has 2 aliphatic rings. The first-order chi connectivity index (χ1) is 17.4. The van der Waals surface area contributed by atoms with Crippen LogP contribution >= 0.6 is 0 Å². The van der Waals surface area contributed by atoms with Crippen molar-refractivity contribution in [3.63, 3.8) is 0 Å². The smallest absolute Gasteiger partial charge is 0.304 e. The molecule has 7 nitrogen and oxygen atoms in total. The minimum atomic E-state index is -0.844. The molecule has 3 aromatic rings. The van der Waals surface area contributed by atoms with Gasteiger partial charge in [-0.15, -0.1) is 0 Å². The molecule has 2 N–H and O–H groups in total. The van der Waals surface area contributed by atoms with Crippen LogP contribution < -0.4 is 14.2 Å². The first-order valence-electron chi connectivity index (χ1n) is 12.2. The lowest BCUT2D eigenvalue weighted by Crippen LogP contribution is -2.15. The van der Waals surface area contributed by atoms with E-state index in [9.17, 15) is 9.90 Å². The molecule has 0 amide bonds. The van der Waals surface area contributed by atoms with E-state index in [1.54, 1.807) is 12.1 Å². The van der Waals surface area contributed by atoms with Crippen LogP contribution in [0.5, 0.6) is 23.0 Å². The minimum Gasteiger partial charge on any atom is -0.508 e. The number of carbonyl (C=O) groups is 1. The van der Waals surface area contributed by atoms with E-state index in [1.165, 1.54) is 0 Å². The molecule has 7 heteroatoms. The monoisotopic (exact) mass is 490 g/mol. The number of carboxylic acids is 1. The maximum absolute atomic E-state index is 11.1. The van der Waals surface area contributed by atoms with E-state index in [0.717, 1.165) is 46.6 Å². The quantitative estimate of drug-likeness (QED) is 0.438. The van der Waals surface area contributed by atoms with Crippen LogP contribution in [-0.2, 0) is 16.1 Å². The van der Waals surface area contributed by atoms with Crippen LogP contribution in [-0.4, -0.2) is 42.1 Å². The summed E-state index contributed by atoms with van der Waals surface area (Å²) in [6, 6.07) is 15.1. The van der Waals surface area contributed by atoms with Gasteiger partial charge in [0.05, 0.1) is 26.2 Å². The molecule has 0 bridgehead atoms. The highest BCUT2D eigenvalue weighted by molar-refractivity contribution is 5.73. The number of hydrogen-bond donors (Lipinski definition) is 2. The Kier molecular flexibility index (Phi) is 6.74. The zero-order chi connectivity index (χ0) is 25.2. The molecule has 2 unspecified atom stereocenters. The summed E-state index contributed by atoms with van der Waals surface area (Å²) in [5.41, 5.74) is 5.82. The van der Waals surface area contributed by atoms with Gasteiger partial charge >= 0.3 is 5.97 Å². The van der Waals surface area contributed by atoms with Crippen molar-refractivity contribution >= 4 is 5.97 Å². The number of aliphatic carboxylic acids is 1. The van der Waals surface area contributed by atoms with Crippen molar-refractivity contribution in [3.8, 4) is 34.1 Å². The highest BCUT2D eigenvalue weighted by Crippen LogP contribution is 2.39. The molecule has 2 aliphatic heterocycles. The van der Waals surface area contributed by atoms with Gasteiger partial charge in [0.25, 0.3) is 0 Å². The summed E-state index contributed by atoms with van der Waals surface area (Å²) in [7, 11) is 0. The molecular weight excluding hydrogens is 460 g/mol. The van der Waals surface area contributed by atoms with Crippen molar-refractivity contribution in [2.75, 3.05) is 19.8 Å². The van der Waals surface area contributed by atoms with Crippen molar-refractivity contribution < 1.29 is 34.0 Å². The summed E-state index contributed by atoms with van der Waals surface area (Å²) in [5, 5.41) is 19.6. The summed E-state index contributed by atoms with van der Waals surface area (Å²) in [5.74, 6) is 1.25. The van der Waals surface area contributed by atoms with E-state index in [4.69, 9.17) is 24.1 Å². The van der Waals surface area contributed by atoms with Crippen molar-refractivity contribution in [3.05, 3.63) is 70.8 Å². The summed E-state index contributed by atoms with van der Waals surface area (Å²) in [6.07, 6.45) is 1.04. The summed E-state index contributed by atoms with van der Waals surface area (Å²) in [4.78, 5) is 11.1. The predicted molar refractivity (Wildman–Crippen MR) is 134 cm³/mol. The Bertz CT molecular complexity index is 1250. The Labute approximate surface area is 210 Å². The number of phenols is 1. The van der Waals surface area contributed by atoms with E-state index >= 15 is 0 Å². The third kappa shape index (κ3) is 5.11. The average molecular weight is 491 g/mol. The third-order valence-corrected chi connectivity index (χ3v) is 6.75. The van der Waals surface area contributed by atoms with E-state index in [-0.39, 0.29) is 30.8 Å². The first kappa shape index (κ1) is 24.0. The Morgan fingerprint density at radius 1 is 1.03 bits per heavy atom. The number of benzene rings is 3. The van der Waals surface area contributed by atoms with Crippen LogP contribution in [0.1, 0.15) is 41.0 Å². The number of carboxylic acid groups (broad SMARTS) is 1. The van der Waals surface area contributed by atoms with Gasteiger partial charge in [0.1, 0.15) is 35.7 Å². The topological polar surface area (TPSA) is 94.5 Å². The van der Waals surface area contributed by atoms with E-state index in [1.807, 2.05) is 36.4 Å². The molecule has 5 rings (SSSR count). The second-order valence-corrected chi connectivity index (χ2v) is 9.47. The van der Waals surface area contributed by atoms with Gasteiger partial charge in [-0.05, 0) is 66.4 Å². The second kappa shape index (κ2) is 10.1.